The smallest absolute Gasteiger partial charge is 0.273 e. The maximum Gasteiger partial charge on any atom is 0.273 e. The van der Waals surface area contributed by atoms with Gasteiger partial charge >= 0.3 is 0 Å². The van der Waals surface area contributed by atoms with Gasteiger partial charge in [-0.3, -0.25) is 4.79 Å². The number of benzene rings is 1. The van der Waals surface area contributed by atoms with Crippen molar-refractivity contribution in [3.63, 3.8) is 0 Å². The van der Waals surface area contributed by atoms with Crippen LogP contribution in [-0.2, 0) is 6.42 Å². The number of carbonyl (C=O) groups is 1. The maximum atomic E-state index is 11.9. The Bertz CT molecular complexity index is 649. The van der Waals surface area contributed by atoms with Gasteiger partial charge in [0.25, 0.3) is 5.91 Å². The lowest BCUT2D eigenvalue weighted by Crippen LogP contribution is -2.22. The number of amides is 1. The number of carbonyl (C=O) groups excluding carboxylic acids is 1. The topological polar surface area (TPSA) is 64.2 Å². The quantitative estimate of drug-likeness (QED) is 0.919. The number of nitrogens with zero attached hydrogens (tertiary/aromatic N) is 3. The summed E-state index contributed by atoms with van der Waals surface area (Å²) < 4.78 is 2.68. The van der Waals surface area contributed by atoms with Gasteiger partial charge in [-0.15, -0.1) is 0 Å². The van der Waals surface area contributed by atoms with Gasteiger partial charge in [0.1, 0.15) is 0 Å². The monoisotopic (exact) mass is 350 g/mol. The number of nitrogens with two attached hydrogens (primary N) is 1. The molecular formula is C15H19BrN4O. The third kappa shape index (κ3) is 3.71. The van der Waals surface area contributed by atoms with Crippen LogP contribution in [0.15, 0.2) is 34.9 Å². The van der Waals surface area contributed by atoms with Crippen molar-refractivity contribution in [3.8, 4) is 5.69 Å². The zero-order valence-corrected chi connectivity index (χ0v) is 14.0. The van der Waals surface area contributed by atoms with Crippen LogP contribution in [0.2, 0.25) is 0 Å². The third-order valence-corrected chi connectivity index (χ3v) is 3.54. The highest BCUT2D eigenvalue weighted by molar-refractivity contribution is 9.10. The molecule has 0 radical (unpaired) electrons. The SMILES string of the molecule is CC(N)Cc1ccc(Br)cc1-n1ccc(C(=O)N(C)C)n1. The molecule has 1 aromatic heterocycles. The molecule has 1 heterocycles. The Labute approximate surface area is 132 Å². The van der Waals surface area contributed by atoms with E-state index >= 15 is 0 Å². The Kier molecular flexibility index (Phi) is 4.80. The van der Waals surface area contributed by atoms with E-state index < -0.39 is 0 Å². The number of halogens is 1. The summed E-state index contributed by atoms with van der Waals surface area (Å²) in [6.45, 7) is 1.97. The molecule has 2 aromatic rings. The van der Waals surface area contributed by atoms with Gasteiger partial charge in [-0.05, 0) is 37.1 Å². The number of hydrogen-bond donors (Lipinski definition) is 1. The maximum absolute atomic E-state index is 11.9. The minimum atomic E-state index is -0.113. The van der Waals surface area contributed by atoms with Crippen molar-refractivity contribution in [3.05, 3.63) is 46.2 Å². The van der Waals surface area contributed by atoms with Crippen LogP contribution in [-0.4, -0.2) is 40.7 Å². The van der Waals surface area contributed by atoms with E-state index in [4.69, 9.17) is 5.73 Å². The van der Waals surface area contributed by atoms with Gasteiger partial charge in [0.15, 0.2) is 5.69 Å². The lowest BCUT2D eigenvalue weighted by Gasteiger charge is -2.12. The van der Waals surface area contributed by atoms with E-state index in [0.717, 1.165) is 22.1 Å². The highest BCUT2D eigenvalue weighted by Gasteiger charge is 2.14. The van der Waals surface area contributed by atoms with Crippen molar-refractivity contribution in [2.45, 2.75) is 19.4 Å². The van der Waals surface area contributed by atoms with E-state index in [1.165, 1.54) is 4.90 Å². The fourth-order valence-electron chi connectivity index (χ4n) is 2.07. The Hall–Kier alpha value is -1.66. The van der Waals surface area contributed by atoms with Crippen molar-refractivity contribution >= 4 is 21.8 Å². The van der Waals surface area contributed by atoms with Crippen molar-refractivity contribution in [2.24, 2.45) is 5.73 Å². The van der Waals surface area contributed by atoms with Gasteiger partial charge in [0, 0.05) is 30.8 Å². The molecule has 0 fully saturated rings. The van der Waals surface area contributed by atoms with Gasteiger partial charge in [-0.1, -0.05) is 22.0 Å². The molecule has 0 spiro atoms. The second-order valence-corrected chi connectivity index (χ2v) is 6.22. The zero-order chi connectivity index (χ0) is 15.6. The highest BCUT2D eigenvalue weighted by Crippen LogP contribution is 2.21. The van der Waals surface area contributed by atoms with Crippen LogP contribution in [0.4, 0.5) is 0 Å². The lowest BCUT2D eigenvalue weighted by molar-refractivity contribution is 0.0821. The molecule has 21 heavy (non-hydrogen) atoms. The molecule has 0 bridgehead atoms. The Balaban J connectivity index is 2.41. The largest absolute Gasteiger partial charge is 0.343 e. The van der Waals surface area contributed by atoms with E-state index in [2.05, 4.69) is 21.0 Å². The number of rotatable bonds is 4. The normalized spacial score (nSPS) is 12.2. The summed E-state index contributed by atoms with van der Waals surface area (Å²) in [5.41, 5.74) is 8.35. The first-order valence-corrected chi connectivity index (χ1v) is 7.49. The Morgan fingerprint density at radius 1 is 1.43 bits per heavy atom. The van der Waals surface area contributed by atoms with Crippen LogP contribution in [0.25, 0.3) is 5.69 Å². The minimum Gasteiger partial charge on any atom is -0.343 e. The summed E-state index contributed by atoms with van der Waals surface area (Å²) in [5, 5.41) is 4.37. The molecule has 0 aliphatic heterocycles. The summed E-state index contributed by atoms with van der Waals surface area (Å²) in [5.74, 6) is -0.113. The summed E-state index contributed by atoms with van der Waals surface area (Å²) in [4.78, 5) is 13.4. The Morgan fingerprint density at radius 2 is 2.14 bits per heavy atom. The van der Waals surface area contributed by atoms with Gasteiger partial charge in [-0.25, -0.2) is 4.68 Å². The van der Waals surface area contributed by atoms with Gasteiger partial charge in [0.2, 0.25) is 0 Å². The van der Waals surface area contributed by atoms with Crippen molar-refractivity contribution < 1.29 is 4.79 Å². The van der Waals surface area contributed by atoms with Gasteiger partial charge in [-0.2, -0.15) is 5.10 Å². The first-order chi connectivity index (χ1) is 9.88. The second-order valence-electron chi connectivity index (χ2n) is 5.30. The van der Waals surface area contributed by atoms with Crippen LogP contribution in [0.1, 0.15) is 23.0 Å². The summed E-state index contributed by atoms with van der Waals surface area (Å²) >= 11 is 3.47. The number of hydrogen-bond acceptors (Lipinski definition) is 3. The van der Waals surface area contributed by atoms with E-state index in [9.17, 15) is 4.79 Å². The van der Waals surface area contributed by atoms with E-state index in [0.29, 0.717) is 5.69 Å². The predicted molar refractivity (Wildman–Crippen MR) is 86.6 cm³/mol. The first-order valence-electron chi connectivity index (χ1n) is 6.70. The molecule has 112 valence electrons. The molecule has 1 amide bonds. The van der Waals surface area contributed by atoms with E-state index in [1.54, 1.807) is 31.0 Å². The van der Waals surface area contributed by atoms with Crippen LogP contribution in [0.3, 0.4) is 0 Å². The van der Waals surface area contributed by atoms with Gasteiger partial charge in [0.05, 0.1) is 5.69 Å². The van der Waals surface area contributed by atoms with Gasteiger partial charge < -0.3 is 10.6 Å². The first kappa shape index (κ1) is 15.7. The van der Waals surface area contributed by atoms with E-state index in [-0.39, 0.29) is 11.9 Å². The molecule has 0 saturated heterocycles. The van der Waals surface area contributed by atoms with Crippen LogP contribution < -0.4 is 5.73 Å². The minimum absolute atomic E-state index is 0.0587. The molecule has 0 aliphatic carbocycles. The Morgan fingerprint density at radius 3 is 2.76 bits per heavy atom. The van der Waals surface area contributed by atoms with Crippen LogP contribution >= 0.6 is 15.9 Å². The highest BCUT2D eigenvalue weighted by atomic mass is 79.9. The predicted octanol–water partition coefficient (Wildman–Crippen LogP) is 2.23. The molecule has 6 heteroatoms. The van der Waals surface area contributed by atoms with E-state index in [1.807, 2.05) is 25.1 Å². The summed E-state index contributed by atoms with van der Waals surface area (Å²) in [6, 6.07) is 7.77. The summed E-state index contributed by atoms with van der Waals surface area (Å²) in [6.07, 6.45) is 2.54. The molecule has 5 nitrogen and oxygen atoms in total. The molecule has 1 atom stereocenters. The van der Waals surface area contributed by atoms with Crippen molar-refractivity contribution in [1.82, 2.24) is 14.7 Å². The zero-order valence-electron chi connectivity index (χ0n) is 12.4. The van der Waals surface area contributed by atoms with Crippen molar-refractivity contribution in [1.29, 1.82) is 0 Å². The molecule has 1 aromatic carbocycles. The lowest BCUT2D eigenvalue weighted by atomic mass is 10.1. The average Bonchev–Trinajstić information content (AvgIpc) is 2.88. The number of aromatic nitrogens is 2. The molecule has 1 unspecified atom stereocenters. The molecule has 0 aliphatic rings. The molecular weight excluding hydrogens is 332 g/mol. The molecule has 2 N–H and O–H groups in total. The average molecular weight is 351 g/mol. The second kappa shape index (κ2) is 6.41. The fraction of sp³-hybridized carbons (Fsp3) is 0.333. The van der Waals surface area contributed by atoms with Crippen LogP contribution in [0, 0.1) is 0 Å². The third-order valence-electron chi connectivity index (χ3n) is 3.05. The molecule has 2 rings (SSSR count). The molecule has 0 saturated carbocycles. The standard InChI is InChI=1S/C15H19BrN4O/c1-10(17)8-11-4-5-12(16)9-14(11)20-7-6-13(18-20)15(21)19(2)3/h4-7,9-10H,8,17H2,1-3H3. The van der Waals surface area contributed by atoms with Crippen molar-refractivity contribution in [2.75, 3.05) is 14.1 Å². The van der Waals surface area contributed by atoms with Crippen LogP contribution in [0.5, 0.6) is 0 Å². The summed E-state index contributed by atoms with van der Waals surface area (Å²) in [7, 11) is 3.42. The fourth-order valence-corrected chi connectivity index (χ4v) is 2.42.